The van der Waals surface area contributed by atoms with Crippen molar-refractivity contribution in [2.24, 2.45) is 10.9 Å². The van der Waals surface area contributed by atoms with Crippen LogP contribution in [-0.4, -0.2) is 81.5 Å². The van der Waals surface area contributed by atoms with Gasteiger partial charge in [0.05, 0.1) is 26.4 Å². The van der Waals surface area contributed by atoms with Crippen LogP contribution in [0.4, 0.5) is 0 Å². The molecule has 2 atom stereocenters. The van der Waals surface area contributed by atoms with E-state index in [0.717, 1.165) is 45.3 Å². The molecule has 6 nitrogen and oxygen atoms in total. The summed E-state index contributed by atoms with van der Waals surface area (Å²) in [7, 11) is 1.71. The number of rotatable bonds is 10. The van der Waals surface area contributed by atoms with Gasteiger partial charge in [-0.15, -0.1) is 0 Å². The fourth-order valence-corrected chi connectivity index (χ4v) is 4.30. The van der Waals surface area contributed by atoms with Crippen molar-refractivity contribution in [2.75, 3.05) is 59.7 Å². The molecule has 1 aromatic rings. The Hall–Kier alpha value is -1.63. The molecule has 0 radical (unpaired) electrons. The summed E-state index contributed by atoms with van der Waals surface area (Å²) in [5, 5.41) is 3.51. The predicted octanol–water partition coefficient (Wildman–Crippen LogP) is 2.60. The van der Waals surface area contributed by atoms with E-state index < -0.39 is 0 Å². The van der Waals surface area contributed by atoms with E-state index in [1.54, 1.807) is 7.11 Å². The third-order valence-electron chi connectivity index (χ3n) is 5.88. The number of aliphatic imine (C=N–C) groups is 1. The molecule has 6 heteroatoms. The van der Waals surface area contributed by atoms with Crippen LogP contribution in [0.1, 0.15) is 31.7 Å². The maximum Gasteiger partial charge on any atom is 0.193 e. The topological polar surface area (TPSA) is 49.3 Å². The zero-order valence-corrected chi connectivity index (χ0v) is 18.2. The fourth-order valence-electron chi connectivity index (χ4n) is 4.30. The van der Waals surface area contributed by atoms with Gasteiger partial charge >= 0.3 is 0 Å². The Morgan fingerprint density at radius 1 is 1.17 bits per heavy atom. The van der Waals surface area contributed by atoms with Crippen molar-refractivity contribution >= 4 is 5.96 Å². The van der Waals surface area contributed by atoms with Crippen molar-refractivity contribution < 1.29 is 9.47 Å². The first-order chi connectivity index (χ1) is 14.3. The second kappa shape index (κ2) is 12.2. The Labute approximate surface area is 176 Å². The van der Waals surface area contributed by atoms with E-state index in [0.29, 0.717) is 25.2 Å². The maximum absolute atomic E-state index is 5.74. The molecule has 2 aliphatic heterocycles. The van der Waals surface area contributed by atoms with Gasteiger partial charge in [-0.2, -0.15) is 0 Å². The monoisotopic (exact) mass is 402 g/mol. The molecule has 3 rings (SSSR count). The molecule has 162 valence electrons. The van der Waals surface area contributed by atoms with Gasteiger partial charge in [0, 0.05) is 45.2 Å². The highest BCUT2D eigenvalue weighted by atomic mass is 16.5. The van der Waals surface area contributed by atoms with Gasteiger partial charge in [-0.25, -0.2) is 0 Å². The number of hydrogen-bond acceptors (Lipinski definition) is 4. The van der Waals surface area contributed by atoms with Gasteiger partial charge in [0.15, 0.2) is 5.96 Å². The minimum atomic E-state index is 0.541. The van der Waals surface area contributed by atoms with Crippen LogP contribution in [0.3, 0.4) is 0 Å². The summed E-state index contributed by atoms with van der Waals surface area (Å²) in [5.41, 5.74) is 1.39. The highest BCUT2D eigenvalue weighted by Gasteiger charge is 2.27. The first kappa shape index (κ1) is 22.1. The highest BCUT2D eigenvalue weighted by Crippen LogP contribution is 2.21. The van der Waals surface area contributed by atoms with E-state index in [2.05, 4.69) is 52.4 Å². The molecule has 29 heavy (non-hydrogen) atoms. The number of nitrogens with one attached hydrogen (secondary N) is 1. The Balaban J connectivity index is 1.51. The molecule has 1 N–H and O–H groups in total. The number of benzene rings is 1. The third-order valence-corrected chi connectivity index (χ3v) is 5.88. The van der Waals surface area contributed by atoms with Gasteiger partial charge in [0.2, 0.25) is 0 Å². The third kappa shape index (κ3) is 6.98. The van der Waals surface area contributed by atoms with Crippen LogP contribution < -0.4 is 5.32 Å². The lowest BCUT2D eigenvalue weighted by Gasteiger charge is -2.25. The molecule has 0 aliphatic carbocycles. The predicted molar refractivity (Wildman–Crippen MR) is 118 cm³/mol. The second-order valence-electron chi connectivity index (χ2n) is 8.12. The SMILES string of the molecule is CCNC(=NCC1CCCN1Cc1ccccc1)N1CCC(COCCOC)C1. The van der Waals surface area contributed by atoms with Crippen molar-refractivity contribution in [1.82, 2.24) is 15.1 Å². The fraction of sp³-hybridized carbons (Fsp3) is 0.696. The summed E-state index contributed by atoms with van der Waals surface area (Å²) in [6, 6.07) is 11.3. The smallest absolute Gasteiger partial charge is 0.193 e. The van der Waals surface area contributed by atoms with Gasteiger partial charge in [0.25, 0.3) is 0 Å². The molecule has 2 fully saturated rings. The summed E-state index contributed by atoms with van der Waals surface area (Å²) in [5.74, 6) is 1.65. The van der Waals surface area contributed by atoms with Gasteiger partial charge < -0.3 is 19.7 Å². The van der Waals surface area contributed by atoms with Crippen LogP contribution in [0.2, 0.25) is 0 Å². The molecule has 0 spiro atoms. The average molecular weight is 403 g/mol. The first-order valence-electron chi connectivity index (χ1n) is 11.2. The van der Waals surface area contributed by atoms with Crippen LogP contribution in [0.25, 0.3) is 0 Å². The maximum atomic E-state index is 5.74. The summed E-state index contributed by atoms with van der Waals surface area (Å²) in [4.78, 5) is 10.0. The average Bonchev–Trinajstić information content (AvgIpc) is 3.39. The summed E-state index contributed by atoms with van der Waals surface area (Å²) < 4.78 is 10.8. The van der Waals surface area contributed by atoms with E-state index in [-0.39, 0.29) is 0 Å². The van der Waals surface area contributed by atoms with Crippen LogP contribution in [0.15, 0.2) is 35.3 Å². The van der Waals surface area contributed by atoms with E-state index in [1.807, 2.05) is 0 Å². The number of ether oxygens (including phenoxy) is 2. The van der Waals surface area contributed by atoms with E-state index in [9.17, 15) is 0 Å². The zero-order valence-electron chi connectivity index (χ0n) is 18.2. The summed E-state index contributed by atoms with van der Waals surface area (Å²) in [6.45, 7) is 10.4. The lowest BCUT2D eigenvalue weighted by molar-refractivity contribution is 0.0536. The number of guanidine groups is 1. The Morgan fingerprint density at radius 3 is 2.83 bits per heavy atom. The van der Waals surface area contributed by atoms with Crippen LogP contribution in [0.5, 0.6) is 0 Å². The van der Waals surface area contributed by atoms with Crippen molar-refractivity contribution in [3.05, 3.63) is 35.9 Å². The highest BCUT2D eigenvalue weighted by molar-refractivity contribution is 5.80. The molecule has 2 saturated heterocycles. The molecule has 1 aromatic carbocycles. The number of likely N-dealkylation sites (tertiary alicyclic amines) is 2. The number of hydrogen-bond donors (Lipinski definition) is 1. The van der Waals surface area contributed by atoms with E-state index in [1.165, 1.54) is 31.4 Å². The molecule has 0 amide bonds. The van der Waals surface area contributed by atoms with Crippen molar-refractivity contribution in [3.63, 3.8) is 0 Å². The number of methoxy groups -OCH3 is 1. The molecule has 0 aromatic heterocycles. The molecule has 2 unspecified atom stereocenters. The molecule has 2 aliphatic rings. The van der Waals surface area contributed by atoms with Crippen molar-refractivity contribution in [1.29, 1.82) is 0 Å². The molecule has 0 saturated carbocycles. The largest absolute Gasteiger partial charge is 0.382 e. The van der Waals surface area contributed by atoms with Crippen LogP contribution in [-0.2, 0) is 16.0 Å². The lowest BCUT2D eigenvalue weighted by atomic mass is 10.1. The normalized spacial score (nSPS) is 23.1. The Bertz CT molecular complexity index is 610. The standard InChI is InChI=1S/C23H38N4O2/c1-3-24-23(27-13-11-21(18-27)19-29-15-14-28-2)25-16-22-10-7-12-26(22)17-20-8-5-4-6-9-20/h4-6,8-9,21-22H,3,7,10-19H2,1-2H3,(H,24,25). The molecular weight excluding hydrogens is 364 g/mol. The Morgan fingerprint density at radius 2 is 2.03 bits per heavy atom. The summed E-state index contributed by atoms with van der Waals surface area (Å²) >= 11 is 0. The van der Waals surface area contributed by atoms with Crippen molar-refractivity contribution in [3.8, 4) is 0 Å². The van der Waals surface area contributed by atoms with Crippen LogP contribution in [0, 0.1) is 5.92 Å². The van der Waals surface area contributed by atoms with E-state index >= 15 is 0 Å². The van der Waals surface area contributed by atoms with Crippen LogP contribution >= 0.6 is 0 Å². The quantitative estimate of drug-likeness (QED) is 0.370. The van der Waals surface area contributed by atoms with Gasteiger partial charge in [0.1, 0.15) is 0 Å². The first-order valence-corrected chi connectivity index (χ1v) is 11.2. The second-order valence-corrected chi connectivity index (χ2v) is 8.12. The van der Waals surface area contributed by atoms with E-state index in [4.69, 9.17) is 14.5 Å². The molecule has 2 heterocycles. The van der Waals surface area contributed by atoms with Gasteiger partial charge in [-0.3, -0.25) is 9.89 Å². The summed E-state index contributed by atoms with van der Waals surface area (Å²) in [6.07, 6.45) is 3.68. The minimum Gasteiger partial charge on any atom is -0.382 e. The van der Waals surface area contributed by atoms with Crippen molar-refractivity contribution in [2.45, 2.75) is 38.8 Å². The minimum absolute atomic E-state index is 0.541. The van der Waals surface area contributed by atoms with Gasteiger partial charge in [-0.05, 0) is 38.3 Å². The molecule has 0 bridgehead atoms. The Kier molecular flexibility index (Phi) is 9.25. The van der Waals surface area contributed by atoms with Gasteiger partial charge in [-0.1, -0.05) is 30.3 Å². The lowest BCUT2D eigenvalue weighted by Crippen LogP contribution is -2.41. The molecular formula is C23H38N4O2. The number of nitrogens with zero attached hydrogens (tertiary/aromatic N) is 3. The zero-order chi connectivity index (χ0) is 20.3.